The van der Waals surface area contributed by atoms with E-state index < -0.39 is 0 Å². The number of furan rings is 1. The van der Waals surface area contributed by atoms with Gasteiger partial charge in [-0.3, -0.25) is 4.98 Å². The van der Waals surface area contributed by atoms with Gasteiger partial charge in [-0.25, -0.2) is 4.98 Å². The highest BCUT2D eigenvalue weighted by atomic mass is 35.5. The van der Waals surface area contributed by atoms with Crippen molar-refractivity contribution >= 4 is 34.2 Å². The molecule has 0 saturated heterocycles. The van der Waals surface area contributed by atoms with Gasteiger partial charge in [0.25, 0.3) is 0 Å². The van der Waals surface area contributed by atoms with Crippen LogP contribution in [0, 0.1) is 0 Å². The van der Waals surface area contributed by atoms with E-state index in [0.717, 1.165) is 28.0 Å². The third-order valence-corrected chi connectivity index (χ3v) is 3.75. The lowest BCUT2D eigenvalue weighted by Crippen LogP contribution is -1.93. The molecule has 0 aliphatic rings. The van der Waals surface area contributed by atoms with E-state index in [0.29, 0.717) is 22.5 Å². The molecule has 0 fully saturated rings. The Labute approximate surface area is 132 Å². The van der Waals surface area contributed by atoms with Crippen molar-refractivity contribution in [2.24, 2.45) is 0 Å². The van der Waals surface area contributed by atoms with Gasteiger partial charge in [-0.15, -0.1) is 0 Å². The highest BCUT2D eigenvalue weighted by Crippen LogP contribution is 2.30. The molecule has 3 heterocycles. The molecule has 0 atom stereocenters. The molecule has 3 aromatic heterocycles. The van der Waals surface area contributed by atoms with Crippen molar-refractivity contribution in [2.45, 2.75) is 26.2 Å². The van der Waals surface area contributed by atoms with Gasteiger partial charge in [-0.05, 0) is 17.7 Å². The average molecular weight is 321 g/mol. The number of halogens is 2. The van der Waals surface area contributed by atoms with Crippen molar-refractivity contribution in [3.63, 3.8) is 0 Å². The highest BCUT2D eigenvalue weighted by molar-refractivity contribution is 6.34. The summed E-state index contributed by atoms with van der Waals surface area (Å²) in [6.07, 6.45) is 3.99. The number of fused-ring (bicyclic) bond motifs is 1. The zero-order chi connectivity index (χ0) is 15.0. The van der Waals surface area contributed by atoms with E-state index in [1.807, 2.05) is 18.2 Å². The van der Waals surface area contributed by atoms with E-state index in [1.54, 1.807) is 12.4 Å². The number of rotatable bonds is 3. The normalized spacial score (nSPS) is 11.5. The molecule has 5 heteroatoms. The Kier molecular flexibility index (Phi) is 3.87. The van der Waals surface area contributed by atoms with Crippen LogP contribution < -0.4 is 0 Å². The maximum atomic E-state index is 6.26. The summed E-state index contributed by atoms with van der Waals surface area (Å²) in [5.74, 6) is 1.23. The molecule has 0 aromatic carbocycles. The topological polar surface area (TPSA) is 38.9 Å². The van der Waals surface area contributed by atoms with Crippen LogP contribution in [0.1, 0.15) is 36.8 Å². The molecule has 3 aromatic rings. The standard InChI is InChI=1S/C16H14Cl2N2O/c1-9(2)14-6-13-15(21-14)5-12(20-16(13)18)4-10-3-11(17)8-19-7-10/h3,5-9H,4H2,1-2H3. The number of hydrogen-bond acceptors (Lipinski definition) is 3. The van der Waals surface area contributed by atoms with Crippen molar-refractivity contribution in [3.8, 4) is 0 Å². The molecule has 3 rings (SSSR count). The van der Waals surface area contributed by atoms with E-state index in [1.165, 1.54) is 0 Å². The van der Waals surface area contributed by atoms with Crippen LogP contribution in [0.15, 0.2) is 35.0 Å². The third-order valence-electron chi connectivity index (χ3n) is 3.26. The summed E-state index contributed by atoms with van der Waals surface area (Å²) < 4.78 is 5.85. The van der Waals surface area contributed by atoms with E-state index in [2.05, 4.69) is 23.8 Å². The van der Waals surface area contributed by atoms with E-state index in [-0.39, 0.29) is 0 Å². The molecule has 0 aliphatic heterocycles. The fraction of sp³-hybridized carbons (Fsp3) is 0.250. The SMILES string of the molecule is CC(C)c1cc2c(Cl)nc(Cc3cncc(Cl)c3)cc2o1. The lowest BCUT2D eigenvalue weighted by Gasteiger charge is -2.02. The molecule has 0 spiro atoms. The molecule has 0 aliphatic carbocycles. The van der Waals surface area contributed by atoms with Gasteiger partial charge in [0.15, 0.2) is 0 Å². The lowest BCUT2D eigenvalue weighted by atomic mass is 10.1. The zero-order valence-corrected chi connectivity index (χ0v) is 13.2. The molecule has 108 valence electrons. The molecular weight excluding hydrogens is 307 g/mol. The summed E-state index contributed by atoms with van der Waals surface area (Å²) in [7, 11) is 0. The number of aromatic nitrogens is 2. The maximum absolute atomic E-state index is 6.26. The van der Waals surface area contributed by atoms with Crippen molar-refractivity contribution in [3.05, 3.63) is 57.8 Å². The Balaban J connectivity index is 2.00. The molecular formula is C16H14Cl2N2O. The first-order valence-corrected chi connectivity index (χ1v) is 7.47. The highest BCUT2D eigenvalue weighted by Gasteiger charge is 2.13. The summed E-state index contributed by atoms with van der Waals surface area (Å²) >= 11 is 12.2. The van der Waals surface area contributed by atoms with E-state index in [4.69, 9.17) is 27.6 Å². The van der Waals surface area contributed by atoms with Crippen molar-refractivity contribution in [1.82, 2.24) is 9.97 Å². The molecule has 21 heavy (non-hydrogen) atoms. The largest absolute Gasteiger partial charge is 0.461 e. The summed E-state index contributed by atoms with van der Waals surface area (Å²) in [5.41, 5.74) is 2.59. The first-order valence-electron chi connectivity index (χ1n) is 6.71. The van der Waals surface area contributed by atoms with Crippen LogP contribution in [-0.4, -0.2) is 9.97 Å². The van der Waals surface area contributed by atoms with Crippen molar-refractivity contribution < 1.29 is 4.42 Å². The summed E-state index contributed by atoms with van der Waals surface area (Å²) in [6.45, 7) is 4.16. The predicted molar refractivity (Wildman–Crippen MR) is 85.2 cm³/mol. The lowest BCUT2D eigenvalue weighted by molar-refractivity contribution is 0.521. The van der Waals surface area contributed by atoms with Gasteiger partial charge in [0.05, 0.1) is 16.1 Å². The van der Waals surface area contributed by atoms with Crippen LogP contribution in [0.25, 0.3) is 11.0 Å². The zero-order valence-electron chi connectivity index (χ0n) is 11.7. The second kappa shape index (κ2) is 5.66. The van der Waals surface area contributed by atoms with Gasteiger partial charge in [0.2, 0.25) is 0 Å². The van der Waals surface area contributed by atoms with Gasteiger partial charge >= 0.3 is 0 Å². The fourth-order valence-corrected chi connectivity index (χ4v) is 2.65. The Bertz CT molecular complexity index is 796. The van der Waals surface area contributed by atoms with Crippen LogP contribution >= 0.6 is 23.2 Å². The molecule has 0 radical (unpaired) electrons. The van der Waals surface area contributed by atoms with Crippen LogP contribution in [0.3, 0.4) is 0 Å². The van der Waals surface area contributed by atoms with Crippen LogP contribution in [-0.2, 0) is 6.42 Å². The number of pyridine rings is 2. The van der Waals surface area contributed by atoms with Gasteiger partial charge in [0, 0.05) is 30.8 Å². The first-order chi connectivity index (χ1) is 10.0. The van der Waals surface area contributed by atoms with Gasteiger partial charge < -0.3 is 4.42 Å². The average Bonchev–Trinajstić information content (AvgIpc) is 2.83. The minimum absolute atomic E-state index is 0.314. The van der Waals surface area contributed by atoms with Gasteiger partial charge in [0.1, 0.15) is 16.5 Å². The van der Waals surface area contributed by atoms with Crippen LogP contribution in [0.2, 0.25) is 10.2 Å². The third kappa shape index (κ3) is 3.04. The molecule has 3 nitrogen and oxygen atoms in total. The Morgan fingerprint density at radius 1 is 1.14 bits per heavy atom. The second-order valence-electron chi connectivity index (χ2n) is 5.31. The number of hydrogen-bond donors (Lipinski definition) is 0. The number of nitrogens with zero attached hydrogens (tertiary/aromatic N) is 2. The molecule has 0 unspecified atom stereocenters. The van der Waals surface area contributed by atoms with Gasteiger partial charge in [-0.1, -0.05) is 37.0 Å². The predicted octanol–water partition coefficient (Wildman–Crippen LogP) is 5.24. The van der Waals surface area contributed by atoms with E-state index >= 15 is 0 Å². The minimum atomic E-state index is 0.314. The Morgan fingerprint density at radius 3 is 2.67 bits per heavy atom. The Hall–Kier alpha value is -1.58. The van der Waals surface area contributed by atoms with Gasteiger partial charge in [-0.2, -0.15) is 0 Å². The monoisotopic (exact) mass is 320 g/mol. The summed E-state index contributed by atoms with van der Waals surface area (Å²) in [5, 5.41) is 1.93. The van der Waals surface area contributed by atoms with Crippen molar-refractivity contribution in [2.75, 3.05) is 0 Å². The fourth-order valence-electron chi connectivity index (χ4n) is 2.20. The second-order valence-corrected chi connectivity index (χ2v) is 6.10. The van der Waals surface area contributed by atoms with Crippen LogP contribution in [0.4, 0.5) is 0 Å². The summed E-state index contributed by atoms with van der Waals surface area (Å²) in [4.78, 5) is 8.51. The molecule has 0 saturated carbocycles. The van der Waals surface area contributed by atoms with Crippen molar-refractivity contribution in [1.29, 1.82) is 0 Å². The van der Waals surface area contributed by atoms with E-state index in [9.17, 15) is 0 Å². The molecule has 0 bridgehead atoms. The molecule has 0 amide bonds. The first kappa shape index (κ1) is 14.4. The minimum Gasteiger partial charge on any atom is -0.461 e. The smallest absolute Gasteiger partial charge is 0.140 e. The maximum Gasteiger partial charge on any atom is 0.140 e. The molecule has 0 N–H and O–H groups in total. The van der Waals surface area contributed by atoms with Crippen LogP contribution in [0.5, 0.6) is 0 Å². The Morgan fingerprint density at radius 2 is 1.95 bits per heavy atom. The summed E-state index contributed by atoms with van der Waals surface area (Å²) in [6, 6.07) is 5.75. The quantitative estimate of drug-likeness (QED) is 0.619.